The molecule has 0 N–H and O–H groups in total. The molecular weight excluding hydrogens is 538 g/mol. The fourth-order valence-electron chi connectivity index (χ4n) is 6.39. The lowest BCUT2D eigenvalue weighted by molar-refractivity contribution is 1.18. The topological polar surface area (TPSA) is 42.4 Å². The van der Waals surface area contributed by atoms with Crippen molar-refractivity contribution in [1.82, 2.24) is 9.13 Å². The van der Waals surface area contributed by atoms with E-state index in [1.807, 2.05) is 42.5 Å². The average molecular weight is 560 g/mol. The van der Waals surface area contributed by atoms with Gasteiger partial charge in [0.15, 0.2) is 5.69 Å². The second-order valence-electron chi connectivity index (χ2n) is 10.7. The highest BCUT2D eigenvalue weighted by molar-refractivity contribution is 6.12. The summed E-state index contributed by atoms with van der Waals surface area (Å²) >= 11 is 0. The SMILES string of the molecule is [C-]#[N+]c1ccc(-n2c3ccccc3c3ccc(-c4ccc5c(c4)c4ccccc4n5-c4ccc([N+]#[C-])c(C#N)c4)cc32)cc1. The van der Waals surface area contributed by atoms with Gasteiger partial charge >= 0.3 is 0 Å². The van der Waals surface area contributed by atoms with Crippen molar-refractivity contribution in [3.8, 4) is 28.6 Å². The molecular formula is C39H21N5. The summed E-state index contributed by atoms with van der Waals surface area (Å²) in [6.07, 6.45) is 0. The van der Waals surface area contributed by atoms with Gasteiger partial charge in [-0.1, -0.05) is 72.8 Å². The number of nitrogens with zero attached hydrogens (tertiary/aromatic N) is 5. The molecule has 8 rings (SSSR count). The van der Waals surface area contributed by atoms with E-state index >= 15 is 0 Å². The Morgan fingerprint density at radius 3 is 1.80 bits per heavy atom. The Balaban J connectivity index is 1.34. The van der Waals surface area contributed by atoms with Crippen molar-refractivity contribution in [2.45, 2.75) is 0 Å². The van der Waals surface area contributed by atoms with E-state index in [2.05, 4.69) is 97.7 Å². The van der Waals surface area contributed by atoms with Gasteiger partial charge in [0, 0.05) is 32.9 Å². The molecule has 44 heavy (non-hydrogen) atoms. The Kier molecular flexibility index (Phi) is 5.56. The molecule has 8 aromatic rings. The highest BCUT2D eigenvalue weighted by Gasteiger charge is 2.16. The fourth-order valence-corrected chi connectivity index (χ4v) is 6.39. The summed E-state index contributed by atoms with van der Waals surface area (Å²) < 4.78 is 4.43. The van der Waals surface area contributed by atoms with Crippen molar-refractivity contribution in [2.75, 3.05) is 0 Å². The van der Waals surface area contributed by atoms with E-state index in [-0.39, 0.29) is 0 Å². The molecule has 0 aliphatic heterocycles. The van der Waals surface area contributed by atoms with Gasteiger partial charge in [-0.3, -0.25) is 0 Å². The molecule has 0 unspecified atom stereocenters. The number of para-hydroxylation sites is 2. The predicted molar refractivity (Wildman–Crippen MR) is 178 cm³/mol. The van der Waals surface area contributed by atoms with Crippen molar-refractivity contribution >= 4 is 55.0 Å². The Morgan fingerprint density at radius 2 is 1.09 bits per heavy atom. The number of nitriles is 1. The smallest absolute Gasteiger partial charge is 0.204 e. The standard InChI is InChI=1S/C39H21N5/c1-41-28-13-15-29(16-14-28)43-36-9-5-3-7-31(36)33-18-11-26(23-39(33)43)25-12-20-38-34(22-25)32-8-4-6-10-37(32)44(38)30-17-19-35(42-2)27(21-30)24-40/h3-23H. The lowest BCUT2D eigenvalue weighted by Gasteiger charge is -2.10. The van der Waals surface area contributed by atoms with E-state index in [1.165, 1.54) is 10.8 Å². The van der Waals surface area contributed by atoms with Crippen LogP contribution in [0.15, 0.2) is 127 Å². The molecule has 0 amide bonds. The largest absolute Gasteiger partial charge is 0.309 e. The van der Waals surface area contributed by atoms with Crippen LogP contribution in [0.3, 0.4) is 0 Å². The molecule has 6 aromatic carbocycles. The van der Waals surface area contributed by atoms with Gasteiger partial charge in [-0.2, -0.15) is 5.26 Å². The van der Waals surface area contributed by atoms with Crippen molar-refractivity contribution in [2.24, 2.45) is 0 Å². The summed E-state index contributed by atoms with van der Waals surface area (Å²) in [6.45, 7) is 14.8. The molecule has 0 atom stereocenters. The van der Waals surface area contributed by atoms with Crippen LogP contribution in [-0.2, 0) is 0 Å². The van der Waals surface area contributed by atoms with Crippen LogP contribution in [0.1, 0.15) is 5.56 Å². The highest BCUT2D eigenvalue weighted by atomic mass is 15.0. The molecule has 0 saturated carbocycles. The lowest BCUT2D eigenvalue weighted by atomic mass is 10.0. The van der Waals surface area contributed by atoms with Gasteiger partial charge in [-0.15, -0.1) is 0 Å². The molecule has 202 valence electrons. The lowest BCUT2D eigenvalue weighted by Crippen LogP contribution is -1.94. The van der Waals surface area contributed by atoms with Gasteiger partial charge in [-0.25, -0.2) is 9.69 Å². The Morgan fingerprint density at radius 1 is 0.500 bits per heavy atom. The second-order valence-corrected chi connectivity index (χ2v) is 10.7. The molecule has 0 fully saturated rings. The van der Waals surface area contributed by atoms with Crippen molar-refractivity contribution in [3.63, 3.8) is 0 Å². The first-order valence-corrected chi connectivity index (χ1v) is 14.1. The maximum absolute atomic E-state index is 9.68. The zero-order valence-electron chi connectivity index (χ0n) is 23.4. The van der Waals surface area contributed by atoms with Gasteiger partial charge < -0.3 is 9.13 Å². The first kappa shape index (κ1) is 25.1. The minimum absolute atomic E-state index is 0.356. The number of aromatic nitrogens is 2. The summed E-state index contributed by atoms with van der Waals surface area (Å²) in [5, 5.41) is 14.3. The number of fused-ring (bicyclic) bond motifs is 6. The van der Waals surface area contributed by atoms with E-state index in [9.17, 15) is 5.26 Å². The molecule has 0 aliphatic carbocycles. The molecule has 2 aromatic heterocycles. The van der Waals surface area contributed by atoms with Crippen LogP contribution < -0.4 is 0 Å². The number of rotatable bonds is 3. The minimum Gasteiger partial charge on any atom is -0.309 e. The zero-order chi connectivity index (χ0) is 29.8. The van der Waals surface area contributed by atoms with Gasteiger partial charge in [0.05, 0.1) is 46.8 Å². The molecule has 0 spiro atoms. The van der Waals surface area contributed by atoms with E-state index < -0.39 is 0 Å². The Hall–Kier alpha value is -6.61. The second kappa shape index (κ2) is 9.74. The predicted octanol–water partition coefficient (Wildman–Crippen LogP) is 10.5. The monoisotopic (exact) mass is 559 g/mol. The summed E-state index contributed by atoms with van der Waals surface area (Å²) in [7, 11) is 0. The third-order valence-corrected chi connectivity index (χ3v) is 8.40. The third-order valence-electron chi connectivity index (χ3n) is 8.40. The minimum atomic E-state index is 0.356. The van der Waals surface area contributed by atoms with E-state index in [1.54, 1.807) is 12.1 Å². The van der Waals surface area contributed by atoms with Crippen molar-refractivity contribution in [3.05, 3.63) is 156 Å². The Labute approximate surface area is 253 Å². The summed E-state index contributed by atoms with van der Waals surface area (Å²) in [5.41, 5.74) is 9.70. The normalized spacial score (nSPS) is 11.1. The first-order chi connectivity index (χ1) is 21.7. The molecule has 5 heteroatoms. The van der Waals surface area contributed by atoms with E-state index in [0.717, 1.165) is 55.3 Å². The van der Waals surface area contributed by atoms with Gasteiger partial charge in [-0.05, 0) is 65.7 Å². The zero-order valence-corrected chi connectivity index (χ0v) is 23.4. The number of benzene rings is 6. The number of hydrogen-bond acceptors (Lipinski definition) is 1. The molecule has 0 saturated heterocycles. The van der Waals surface area contributed by atoms with E-state index in [0.29, 0.717) is 16.9 Å². The Bertz CT molecular complexity index is 2580. The van der Waals surface area contributed by atoms with Crippen LogP contribution in [0.4, 0.5) is 11.4 Å². The summed E-state index contributed by atoms with van der Waals surface area (Å²) in [5.74, 6) is 0. The summed E-state index contributed by atoms with van der Waals surface area (Å²) in [4.78, 5) is 7.08. The van der Waals surface area contributed by atoms with Crippen LogP contribution in [-0.4, -0.2) is 9.13 Å². The molecule has 0 bridgehead atoms. The molecule has 0 aliphatic rings. The van der Waals surface area contributed by atoms with Crippen LogP contribution >= 0.6 is 0 Å². The molecule has 5 nitrogen and oxygen atoms in total. The maximum Gasteiger partial charge on any atom is 0.204 e. The van der Waals surface area contributed by atoms with Gasteiger partial charge in [0.1, 0.15) is 0 Å². The maximum atomic E-state index is 9.68. The van der Waals surface area contributed by atoms with Crippen molar-refractivity contribution < 1.29 is 0 Å². The van der Waals surface area contributed by atoms with Crippen LogP contribution in [0.5, 0.6) is 0 Å². The van der Waals surface area contributed by atoms with Crippen molar-refractivity contribution in [1.29, 1.82) is 5.26 Å². The number of hydrogen-bond donors (Lipinski definition) is 0. The average Bonchev–Trinajstić information content (AvgIpc) is 3.60. The van der Waals surface area contributed by atoms with Crippen LogP contribution in [0.25, 0.3) is 75.8 Å². The van der Waals surface area contributed by atoms with Gasteiger partial charge in [0.2, 0.25) is 5.69 Å². The fraction of sp³-hybridized carbons (Fsp3) is 0. The third kappa shape index (κ3) is 3.70. The highest BCUT2D eigenvalue weighted by Crippen LogP contribution is 2.38. The quantitative estimate of drug-likeness (QED) is 0.199. The first-order valence-electron chi connectivity index (χ1n) is 14.1. The van der Waals surface area contributed by atoms with Crippen LogP contribution in [0, 0.1) is 24.5 Å². The van der Waals surface area contributed by atoms with Gasteiger partial charge in [0.25, 0.3) is 0 Å². The molecule has 2 heterocycles. The molecule has 0 radical (unpaired) electrons. The van der Waals surface area contributed by atoms with E-state index in [4.69, 9.17) is 13.1 Å². The van der Waals surface area contributed by atoms with Crippen LogP contribution in [0.2, 0.25) is 0 Å². The summed E-state index contributed by atoms with van der Waals surface area (Å²) in [6, 6.07) is 45.2.